The highest BCUT2D eigenvalue weighted by atomic mass is 16.5. The molecule has 4 aromatic carbocycles. The van der Waals surface area contributed by atoms with Crippen molar-refractivity contribution in [3.8, 4) is 28.4 Å². The summed E-state index contributed by atoms with van der Waals surface area (Å²) in [5.74, 6) is 2.15. The van der Waals surface area contributed by atoms with Crippen LogP contribution in [0.3, 0.4) is 0 Å². The predicted octanol–water partition coefficient (Wildman–Crippen LogP) is 5.76. The topological polar surface area (TPSA) is 44.8 Å². The second-order valence-electron chi connectivity index (χ2n) is 6.86. The lowest BCUT2D eigenvalue weighted by Gasteiger charge is -2.15. The maximum Gasteiger partial charge on any atom is 0.194 e. The number of carbonyl (C=O) groups excluding carboxylic acids is 1. The molecule has 4 aromatic rings. The average Bonchev–Trinajstić information content (AvgIpc) is 2.82. The maximum atomic E-state index is 13.7. The summed E-state index contributed by atoms with van der Waals surface area (Å²) in [7, 11) is 4.88. The van der Waals surface area contributed by atoms with Gasteiger partial charge in [0.1, 0.15) is 17.2 Å². The van der Waals surface area contributed by atoms with Crippen LogP contribution in [0.2, 0.25) is 0 Å². The van der Waals surface area contributed by atoms with Gasteiger partial charge in [-0.1, -0.05) is 24.3 Å². The number of carbonyl (C=O) groups is 1. The monoisotopic (exact) mass is 398 g/mol. The number of benzene rings is 4. The van der Waals surface area contributed by atoms with E-state index >= 15 is 0 Å². The van der Waals surface area contributed by atoms with Crippen LogP contribution < -0.4 is 14.2 Å². The van der Waals surface area contributed by atoms with E-state index in [2.05, 4.69) is 0 Å². The second-order valence-corrected chi connectivity index (χ2v) is 6.86. The van der Waals surface area contributed by atoms with E-state index in [1.54, 1.807) is 45.6 Å². The van der Waals surface area contributed by atoms with Gasteiger partial charge >= 0.3 is 0 Å². The molecule has 4 heteroatoms. The number of hydrogen-bond acceptors (Lipinski definition) is 4. The van der Waals surface area contributed by atoms with Crippen LogP contribution in [-0.4, -0.2) is 27.1 Å². The van der Waals surface area contributed by atoms with E-state index in [0.29, 0.717) is 16.9 Å². The maximum absolute atomic E-state index is 13.7. The summed E-state index contributed by atoms with van der Waals surface area (Å²) in [4.78, 5) is 13.7. The fourth-order valence-electron chi connectivity index (χ4n) is 3.60. The Morgan fingerprint density at radius 1 is 0.667 bits per heavy atom. The van der Waals surface area contributed by atoms with Gasteiger partial charge in [0, 0.05) is 11.1 Å². The molecule has 0 aliphatic carbocycles. The highest BCUT2D eigenvalue weighted by Crippen LogP contribution is 2.35. The summed E-state index contributed by atoms with van der Waals surface area (Å²) in [5.41, 5.74) is 3.02. The van der Waals surface area contributed by atoms with Crippen molar-refractivity contribution < 1.29 is 19.0 Å². The van der Waals surface area contributed by atoms with Crippen LogP contribution in [0.1, 0.15) is 15.9 Å². The Morgan fingerprint density at radius 2 is 1.33 bits per heavy atom. The third-order valence-corrected chi connectivity index (χ3v) is 5.19. The van der Waals surface area contributed by atoms with E-state index in [1.807, 2.05) is 54.6 Å². The molecule has 0 amide bonds. The van der Waals surface area contributed by atoms with Crippen LogP contribution in [0.5, 0.6) is 17.2 Å². The lowest BCUT2D eigenvalue weighted by Crippen LogP contribution is -2.05. The van der Waals surface area contributed by atoms with Crippen LogP contribution in [0.15, 0.2) is 78.9 Å². The predicted molar refractivity (Wildman–Crippen MR) is 119 cm³/mol. The van der Waals surface area contributed by atoms with Crippen LogP contribution >= 0.6 is 0 Å². The lowest BCUT2D eigenvalue weighted by atomic mass is 9.89. The lowest BCUT2D eigenvalue weighted by molar-refractivity contribution is 0.104. The van der Waals surface area contributed by atoms with E-state index < -0.39 is 0 Å². The number of methoxy groups -OCH3 is 3. The van der Waals surface area contributed by atoms with E-state index in [1.165, 1.54) is 0 Å². The molecule has 0 unspecified atom stereocenters. The Bertz CT molecular complexity index is 1210. The molecule has 0 N–H and O–H groups in total. The van der Waals surface area contributed by atoms with Gasteiger partial charge in [-0.2, -0.15) is 0 Å². The van der Waals surface area contributed by atoms with Crippen LogP contribution in [-0.2, 0) is 0 Å². The molecule has 0 heterocycles. The molecule has 0 bridgehead atoms. The summed E-state index contributed by atoms with van der Waals surface area (Å²) in [5, 5.41) is 1.81. The van der Waals surface area contributed by atoms with Gasteiger partial charge in [-0.15, -0.1) is 0 Å². The molecule has 0 saturated heterocycles. The minimum absolute atomic E-state index is 0.0498. The Hall–Kier alpha value is -3.79. The number of fused-ring (bicyclic) bond motifs is 1. The number of ketones is 1. The van der Waals surface area contributed by atoms with Crippen LogP contribution in [0, 0.1) is 0 Å². The first kappa shape index (κ1) is 19.5. The van der Waals surface area contributed by atoms with Gasteiger partial charge in [-0.25, -0.2) is 0 Å². The largest absolute Gasteiger partial charge is 0.497 e. The molecule has 0 aliphatic heterocycles. The van der Waals surface area contributed by atoms with E-state index in [0.717, 1.165) is 33.4 Å². The fraction of sp³-hybridized carbons (Fsp3) is 0.115. The van der Waals surface area contributed by atoms with Gasteiger partial charge in [0.25, 0.3) is 0 Å². The molecular weight excluding hydrogens is 376 g/mol. The Kier molecular flexibility index (Phi) is 5.40. The van der Waals surface area contributed by atoms with Gasteiger partial charge in [-0.05, 0) is 76.5 Å². The van der Waals surface area contributed by atoms with Crippen molar-refractivity contribution >= 4 is 16.6 Å². The van der Waals surface area contributed by atoms with Gasteiger partial charge in [0.15, 0.2) is 5.78 Å². The standard InChI is InChI=1S/C26H22O4/c1-28-20-10-7-17(8-11-20)26(27)25-23(18-5-4-6-21(15-18)29-2)13-9-19-16-22(30-3)12-14-24(19)25/h4-16H,1-3H3. The summed E-state index contributed by atoms with van der Waals surface area (Å²) in [6.45, 7) is 0. The molecule has 0 atom stereocenters. The third kappa shape index (κ3) is 3.60. The van der Waals surface area contributed by atoms with Crippen molar-refractivity contribution in [2.24, 2.45) is 0 Å². The molecule has 0 fully saturated rings. The molecule has 4 nitrogen and oxygen atoms in total. The summed E-state index contributed by atoms with van der Waals surface area (Å²) < 4.78 is 16.0. The molecule has 150 valence electrons. The van der Waals surface area contributed by atoms with Crippen LogP contribution in [0.4, 0.5) is 0 Å². The summed E-state index contributed by atoms with van der Waals surface area (Å²) in [6.07, 6.45) is 0. The van der Waals surface area contributed by atoms with Crippen molar-refractivity contribution in [1.29, 1.82) is 0 Å². The quantitative estimate of drug-likeness (QED) is 0.387. The molecule has 30 heavy (non-hydrogen) atoms. The van der Waals surface area contributed by atoms with Crippen molar-refractivity contribution in [3.63, 3.8) is 0 Å². The fourth-order valence-corrected chi connectivity index (χ4v) is 3.60. The number of rotatable bonds is 6. The third-order valence-electron chi connectivity index (χ3n) is 5.19. The smallest absolute Gasteiger partial charge is 0.194 e. The zero-order chi connectivity index (χ0) is 21.1. The first-order valence-corrected chi connectivity index (χ1v) is 9.58. The number of ether oxygens (including phenoxy) is 3. The minimum Gasteiger partial charge on any atom is -0.497 e. The molecular formula is C26H22O4. The summed E-state index contributed by atoms with van der Waals surface area (Å²) in [6, 6.07) is 24.7. The molecule has 0 radical (unpaired) electrons. The van der Waals surface area contributed by atoms with Gasteiger partial charge in [0.05, 0.1) is 21.3 Å². The SMILES string of the molecule is COc1ccc(C(=O)c2c(-c3cccc(OC)c3)ccc3cc(OC)ccc23)cc1. The van der Waals surface area contributed by atoms with Crippen molar-refractivity contribution in [2.45, 2.75) is 0 Å². The highest BCUT2D eigenvalue weighted by Gasteiger charge is 2.19. The zero-order valence-corrected chi connectivity index (χ0v) is 17.1. The molecule has 0 spiro atoms. The van der Waals surface area contributed by atoms with E-state index in [9.17, 15) is 4.79 Å². The van der Waals surface area contributed by atoms with Crippen LogP contribution in [0.25, 0.3) is 21.9 Å². The van der Waals surface area contributed by atoms with Crippen molar-refractivity contribution in [1.82, 2.24) is 0 Å². The van der Waals surface area contributed by atoms with Gasteiger partial charge in [-0.3, -0.25) is 4.79 Å². The van der Waals surface area contributed by atoms with E-state index in [4.69, 9.17) is 14.2 Å². The van der Waals surface area contributed by atoms with Crippen molar-refractivity contribution in [2.75, 3.05) is 21.3 Å². The summed E-state index contributed by atoms with van der Waals surface area (Å²) >= 11 is 0. The molecule has 0 aliphatic rings. The average molecular weight is 398 g/mol. The minimum atomic E-state index is -0.0498. The van der Waals surface area contributed by atoms with Gasteiger partial charge in [0.2, 0.25) is 0 Å². The van der Waals surface area contributed by atoms with Crippen molar-refractivity contribution in [3.05, 3.63) is 90.0 Å². The molecule has 4 rings (SSSR count). The Morgan fingerprint density at radius 3 is 2.03 bits per heavy atom. The molecule has 0 saturated carbocycles. The number of hydrogen-bond donors (Lipinski definition) is 0. The highest BCUT2D eigenvalue weighted by molar-refractivity contribution is 6.20. The Labute approximate surface area is 175 Å². The normalized spacial score (nSPS) is 10.6. The first-order valence-electron chi connectivity index (χ1n) is 9.58. The van der Waals surface area contributed by atoms with E-state index in [-0.39, 0.29) is 5.78 Å². The molecule has 0 aromatic heterocycles. The zero-order valence-electron chi connectivity index (χ0n) is 17.1. The second kappa shape index (κ2) is 8.29. The first-order chi connectivity index (χ1) is 14.6. The Balaban J connectivity index is 1.95. The van der Waals surface area contributed by atoms with Gasteiger partial charge < -0.3 is 14.2 Å².